The van der Waals surface area contributed by atoms with Gasteiger partial charge in [0.25, 0.3) is 0 Å². The molecule has 1 aromatic carbocycles. The van der Waals surface area contributed by atoms with Gasteiger partial charge in [-0.3, -0.25) is 4.79 Å². The summed E-state index contributed by atoms with van der Waals surface area (Å²) in [4.78, 5) is 12.6. The third kappa shape index (κ3) is 2.44. The van der Waals surface area contributed by atoms with Gasteiger partial charge in [0, 0.05) is 5.56 Å². The highest BCUT2D eigenvalue weighted by Crippen LogP contribution is 2.35. The van der Waals surface area contributed by atoms with Crippen LogP contribution in [-0.2, 0) is 4.74 Å². The molecule has 2 nitrogen and oxygen atoms in total. The number of rotatable bonds is 2. The summed E-state index contributed by atoms with van der Waals surface area (Å²) in [7, 11) is 0. The molecule has 0 saturated carbocycles. The van der Waals surface area contributed by atoms with Crippen molar-refractivity contribution in [3.8, 4) is 0 Å². The Bertz CT molecular complexity index is 486. The van der Waals surface area contributed by atoms with Crippen molar-refractivity contribution in [2.24, 2.45) is 11.8 Å². The molecule has 0 radical (unpaired) electrons. The van der Waals surface area contributed by atoms with Crippen LogP contribution in [0.5, 0.6) is 0 Å². The maximum Gasteiger partial charge on any atom is 0.168 e. The highest BCUT2D eigenvalue weighted by Gasteiger charge is 2.41. The maximum atomic E-state index is 13.6. The molecule has 1 aliphatic heterocycles. The van der Waals surface area contributed by atoms with Crippen molar-refractivity contribution in [1.82, 2.24) is 0 Å². The first-order valence-corrected chi connectivity index (χ1v) is 6.79. The van der Waals surface area contributed by atoms with Crippen LogP contribution < -0.4 is 0 Å². The predicted octanol–water partition coefficient (Wildman–Crippen LogP) is 3.68. The van der Waals surface area contributed by atoms with Gasteiger partial charge in [-0.25, -0.2) is 4.39 Å². The standard InChI is InChI=1S/C16H21FO2/c1-8-6-13(7-9(2)15(8)17)16(18)14-10(3)11(4)19-12(14)5/h6-7,10-12,14H,1-5H3. The molecule has 4 atom stereocenters. The van der Waals surface area contributed by atoms with Gasteiger partial charge in [-0.05, 0) is 56.9 Å². The molecule has 104 valence electrons. The third-order valence-corrected chi connectivity index (χ3v) is 4.27. The number of Topliss-reactive ketones (excluding diaryl/α,β-unsaturated/α-hetero) is 1. The molecule has 0 amide bonds. The van der Waals surface area contributed by atoms with Crippen molar-refractivity contribution >= 4 is 5.78 Å². The first kappa shape index (κ1) is 14.2. The molecular weight excluding hydrogens is 243 g/mol. The summed E-state index contributed by atoms with van der Waals surface area (Å²) in [6.45, 7) is 9.36. The van der Waals surface area contributed by atoms with Crippen LogP contribution in [0.15, 0.2) is 12.1 Å². The van der Waals surface area contributed by atoms with E-state index in [1.54, 1.807) is 26.0 Å². The van der Waals surface area contributed by atoms with E-state index in [0.29, 0.717) is 16.7 Å². The third-order valence-electron chi connectivity index (χ3n) is 4.27. The lowest BCUT2D eigenvalue weighted by Crippen LogP contribution is -2.27. The average Bonchev–Trinajstić information content (AvgIpc) is 2.59. The summed E-state index contributed by atoms with van der Waals surface area (Å²) in [5, 5.41) is 0. The zero-order chi connectivity index (χ0) is 14.3. The number of carbonyl (C=O) groups excluding carboxylic acids is 1. The van der Waals surface area contributed by atoms with Crippen molar-refractivity contribution < 1.29 is 13.9 Å². The number of hydrogen-bond donors (Lipinski definition) is 0. The van der Waals surface area contributed by atoms with Crippen LogP contribution in [-0.4, -0.2) is 18.0 Å². The Morgan fingerprint density at radius 3 is 2.05 bits per heavy atom. The Kier molecular flexibility index (Phi) is 3.77. The van der Waals surface area contributed by atoms with Gasteiger partial charge in [0.05, 0.1) is 18.1 Å². The van der Waals surface area contributed by atoms with Crippen LogP contribution in [0.1, 0.15) is 42.3 Å². The average molecular weight is 264 g/mol. The van der Waals surface area contributed by atoms with E-state index >= 15 is 0 Å². The minimum absolute atomic E-state index is 0.0653. The molecule has 0 spiro atoms. The fourth-order valence-electron chi connectivity index (χ4n) is 3.00. The number of carbonyl (C=O) groups is 1. The molecule has 1 heterocycles. The van der Waals surface area contributed by atoms with Crippen molar-refractivity contribution in [2.45, 2.75) is 46.8 Å². The number of ketones is 1. The molecule has 0 aromatic heterocycles. The van der Waals surface area contributed by atoms with Crippen LogP contribution in [0.2, 0.25) is 0 Å². The maximum absolute atomic E-state index is 13.6. The quantitative estimate of drug-likeness (QED) is 0.762. The second-order valence-corrected chi connectivity index (χ2v) is 5.72. The van der Waals surface area contributed by atoms with Gasteiger partial charge in [0.2, 0.25) is 0 Å². The highest BCUT2D eigenvalue weighted by molar-refractivity contribution is 5.99. The highest BCUT2D eigenvalue weighted by atomic mass is 19.1. The SMILES string of the molecule is Cc1cc(C(=O)C2C(C)OC(C)C2C)cc(C)c1F. The number of halogens is 1. The Labute approximate surface area is 114 Å². The molecule has 1 aliphatic rings. The lowest BCUT2D eigenvalue weighted by atomic mass is 9.83. The molecule has 2 rings (SSSR count). The van der Waals surface area contributed by atoms with Gasteiger partial charge in [-0.2, -0.15) is 0 Å². The van der Waals surface area contributed by atoms with Gasteiger partial charge in [0.15, 0.2) is 5.78 Å². The van der Waals surface area contributed by atoms with Gasteiger partial charge in [-0.15, -0.1) is 0 Å². The summed E-state index contributed by atoms with van der Waals surface area (Å²) in [6.07, 6.45) is 0.00903. The molecule has 19 heavy (non-hydrogen) atoms. The zero-order valence-electron chi connectivity index (χ0n) is 12.2. The Morgan fingerprint density at radius 1 is 1.11 bits per heavy atom. The van der Waals surface area contributed by atoms with Crippen LogP contribution in [0.3, 0.4) is 0 Å². The molecule has 1 saturated heterocycles. The predicted molar refractivity (Wildman–Crippen MR) is 72.9 cm³/mol. The van der Waals surface area contributed by atoms with Crippen LogP contribution in [0.25, 0.3) is 0 Å². The first-order chi connectivity index (χ1) is 8.82. The molecule has 0 N–H and O–H groups in total. The largest absolute Gasteiger partial charge is 0.374 e. The van der Waals surface area contributed by atoms with E-state index in [1.807, 2.05) is 20.8 Å². The van der Waals surface area contributed by atoms with Crippen LogP contribution in [0, 0.1) is 31.5 Å². The van der Waals surface area contributed by atoms with E-state index in [9.17, 15) is 9.18 Å². The minimum Gasteiger partial charge on any atom is -0.374 e. The Hall–Kier alpha value is -1.22. The molecular formula is C16H21FO2. The summed E-state index contributed by atoms with van der Waals surface area (Å²) in [6, 6.07) is 3.29. The first-order valence-electron chi connectivity index (χ1n) is 6.79. The Balaban J connectivity index is 2.35. The molecule has 1 aromatic rings. The minimum atomic E-state index is -0.228. The molecule has 0 aliphatic carbocycles. The van der Waals surface area contributed by atoms with E-state index in [2.05, 4.69) is 0 Å². The van der Waals surface area contributed by atoms with Crippen molar-refractivity contribution in [1.29, 1.82) is 0 Å². The van der Waals surface area contributed by atoms with Crippen LogP contribution in [0.4, 0.5) is 4.39 Å². The van der Waals surface area contributed by atoms with E-state index in [4.69, 9.17) is 4.74 Å². The summed E-state index contributed by atoms with van der Waals surface area (Å²) in [5.74, 6) is -0.114. The van der Waals surface area contributed by atoms with E-state index in [0.717, 1.165) is 0 Å². The number of hydrogen-bond acceptors (Lipinski definition) is 2. The zero-order valence-corrected chi connectivity index (χ0v) is 12.2. The van der Waals surface area contributed by atoms with E-state index in [-0.39, 0.29) is 35.6 Å². The fourth-order valence-corrected chi connectivity index (χ4v) is 3.00. The molecule has 3 heteroatoms. The lowest BCUT2D eigenvalue weighted by molar-refractivity contribution is 0.0491. The number of benzene rings is 1. The van der Waals surface area contributed by atoms with E-state index in [1.165, 1.54) is 0 Å². The summed E-state index contributed by atoms with van der Waals surface area (Å²) < 4.78 is 19.3. The lowest BCUT2D eigenvalue weighted by Gasteiger charge is -2.18. The summed E-state index contributed by atoms with van der Waals surface area (Å²) >= 11 is 0. The van der Waals surface area contributed by atoms with Crippen molar-refractivity contribution in [2.75, 3.05) is 0 Å². The van der Waals surface area contributed by atoms with Crippen molar-refractivity contribution in [3.63, 3.8) is 0 Å². The van der Waals surface area contributed by atoms with Crippen molar-refractivity contribution in [3.05, 3.63) is 34.6 Å². The number of ether oxygens (including phenoxy) is 1. The molecule has 4 unspecified atom stereocenters. The van der Waals surface area contributed by atoms with E-state index < -0.39 is 0 Å². The van der Waals surface area contributed by atoms with Crippen LogP contribution >= 0.6 is 0 Å². The summed E-state index contributed by atoms with van der Waals surface area (Å²) in [5.41, 5.74) is 1.64. The monoisotopic (exact) mass is 264 g/mol. The molecule has 0 bridgehead atoms. The second-order valence-electron chi connectivity index (χ2n) is 5.72. The normalized spacial score (nSPS) is 30.6. The smallest absolute Gasteiger partial charge is 0.168 e. The topological polar surface area (TPSA) is 26.3 Å². The second kappa shape index (κ2) is 5.04. The molecule has 1 fully saturated rings. The Morgan fingerprint density at radius 2 is 1.63 bits per heavy atom. The van der Waals surface area contributed by atoms with Gasteiger partial charge in [0.1, 0.15) is 5.82 Å². The van der Waals surface area contributed by atoms with Gasteiger partial charge < -0.3 is 4.74 Å². The number of aryl methyl sites for hydroxylation is 2. The fraction of sp³-hybridized carbons (Fsp3) is 0.562. The van der Waals surface area contributed by atoms with Gasteiger partial charge in [-0.1, -0.05) is 6.92 Å². The van der Waals surface area contributed by atoms with Gasteiger partial charge >= 0.3 is 0 Å².